The lowest BCUT2D eigenvalue weighted by Gasteiger charge is -2.14. The van der Waals surface area contributed by atoms with Crippen LogP contribution in [0.2, 0.25) is 0 Å². The summed E-state index contributed by atoms with van der Waals surface area (Å²) in [4.78, 5) is 2.47. The molecule has 1 aliphatic rings. The van der Waals surface area contributed by atoms with Crippen molar-refractivity contribution in [1.82, 2.24) is 10.2 Å². The largest absolute Gasteiger partial charge is 0.378 e. The summed E-state index contributed by atoms with van der Waals surface area (Å²) in [6.07, 6.45) is 2.40. The van der Waals surface area contributed by atoms with Gasteiger partial charge in [-0.15, -0.1) is 0 Å². The standard InChI is InChI=1S/C20H34N2O2/c1-4-5-18-6-7-19-15-22(16-20(19)14-18)9-11-24-13-12-23-10-8-21-17(2)3/h6-7,14,17,21H,4-5,8-13,15-16H2,1-3H3. The molecule has 0 atom stereocenters. The zero-order valence-electron chi connectivity index (χ0n) is 15.6. The maximum absolute atomic E-state index is 5.70. The Morgan fingerprint density at radius 1 is 1.04 bits per heavy atom. The van der Waals surface area contributed by atoms with Crippen LogP contribution in [0.15, 0.2) is 18.2 Å². The van der Waals surface area contributed by atoms with Gasteiger partial charge in [0.05, 0.1) is 26.4 Å². The fourth-order valence-corrected chi connectivity index (χ4v) is 3.06. The van der Waals surface area contributed by atoms with E-state index in [1.54, 1.807) is 0 Å². The summed E-state index contributed by atoms with van der Waals surface area (Å²) < 4.78 is 11.2. The van der Waals surface area contributed by atoms with Crippen LogP contribution in [-0.2, 0) is 29.0 Å². The predicted octanol–water partition coefficient (Wildman–Crippen LogP) is 2.99. The van der Waals surface area contributed by atoms with Gasteiger partial charge in [0.1, 0.15) is 0 Å². The summed E-state index contributed by atoms with van der Waals surface area (Å²) in [5.41, 5.74) is 4.45. The van der Waals surface area contributed by atoms with Crippen molar-refractivity contribution in [3.05, 3.63) is 34.9 Å². The number of nitrogens with zero attached hydrogens (tertiary/aromatic N) is 1. The molecule has 1 heterocycles. The average molecular weight is 335 g/mol. The van der Waals surface area contributed by atoms with E-state index in [9.17, 15) is 0 Å². The molecule has 4 heteroatoms. The van der Waals surface area contributed by atoms with Crippen LogP contribution in [0, 0.1) is 0 Å². The first-order chi connectivity index (χ1) is 11.7. The Morgan fingerprint density at radius 3 is 2.54 bits per heavy atom. The molecule has 0 saturated heterocycles. The zero-order chi connectivity index (χ0) is 17.2. The number of rotatable bonds is 12. The van der Waals surface area contributed by atoms with Gasteiger partial charge >= 0.3 is 0 Å². The van der Waals surface area contributed by atoms with E-state index in [2.05, 4.69) is 49.2 Å². The van der Waals surface area contributed by atoms with Crippen LogP contribution >= 0.6 is 0 Å². The summed E-state index contributed by atoms with van der Waals surface area (Å²) in [7, 11) is 0. The molecule has 1 N–H and O–H groups in total. The van der Waals surface area contributed by atoms with E-state index in [0.29, 0.717) is 19.3 Å². The molecule has 0 bridgehead atoms. The lowest BCUT2D eigenvalue weighted by atomic mass is 10.0. The summed E-state index contributed by atoms with van der Waals surface area (Å²) in [6.45, 7) is 13.4. The molecule has 0 aromatic heterocycles. The van der Waals surface area contributed by atoms with Gasteiger partial charge in [-0.3, -0.25) is 4.90 Å². The van der Waals surface area contributed by atoms with Gasteiger partial charge in [-0.25, -0.2) is 0 Å². The van der Waals surface area contributed by atoms with Gasteiger partial charge in [-0.2, -0.15) is 0 Å². The molecule has 0 radical (unpaired) electrons. The fraction of sp³-hybridized carbons (Fsp3) is 0.700. The van der Waals surface area contributed by atoms with Crippen molar-refractivity contribution in [3.63, 3.8) is 0 Å². The first-order valence-electron chi connectivity index (χ1n) is 9.41. The third-order valence-electron chi connectivity index (χ3n) is 4.32. The van der Waals surface area contributed by atoms with Crippen molar-refractivity contribution < 1.29 is 9.47 Å². The normalized spacial score (nSPS) is 14.5. The average Bonchev–Trinajstić information content (AvgIpc) is 2.95. The zero-order valence-corrected chi connectivity index (χ0v) is 15.6. The van der Waals surface area contributed by atoms with Crippen molar-refractivity contribution in [3.8, 4) is 0 Å². The van der Waals surface area contributed by atoms with Gasteiger partial charge in [-0.05, 0) is 23.1 Å². The highest BCUT2D eigenvalue weighted by atomic mass is 16.5. The summed E-state index contributed by atoms with van der Waals surface area (Å²) in [5.74, 6) is 0. The van der Waals surface area contributed by atoms with E-state index in [1.807, 2.05) is 0 Å². The lowest BCUT2D eigenvalue weighted by Crippen LogP contribution is -2.27. The second-order valence-corrected chi connectivity index (χ2v) is 6.90. The molecule has 136 valence electrons. The Labute approximate surface area is 147 Å². The number of hydrogen-bond acceptors (Lipinski definition) is 4. The number of ether oxygens (including phenoxy) is 2. The summed E-state index contributed by atoms with van der Waals surface area (Å²) in [6, 6.07) is 7.50. The molecular formula is C20H34N2O2. The highest BCUT2D eigenvalue weighted by Gasteiger charge is 2.18. The van der Waals surface area contributed by atoms with Crippen LogP contribution in [0.4, 0.5) is 0 Å². The molecule has 24 heavy (non-hydrogen) atoms. The maximum atomic E-state index is 5.70. The van der Waals surface area contributed by atoms with E-state index < -0.39 is 0 Å². The van der Waals surface area contributed by atoms with Crippen molar-refractivity contribution in [2.75, 3.05) is 39.5 Å². The van der Waals surface area contributed by atoms with Crippen LogP contribution in [0.25, 0.3) is 0 Å². The van der Waals surface area contributed by atoms with Gasteiger partial charge in [-0.1, -0.05) is 45.4 Å². The molecule has 0 spiro atoms. The van der Waals surface area contributed by atoms with Crippen LogP contribution in [0.1, 0.15) is 43.9 Å². The number of nitrogens with one attached hydrogen (secondary N) is 1. The molecule has 4 nitrogen and oxygen atoms in total. The molecular weight excluding hydrogens is 300 g/mol. The first kappa shape index (κ1) is 19.4. The molecule has 0 amide bonds. The SMILES string of the molecule is CCCc1ccc2c(c1)CN(CCOCCOCCNC(C)C)C2. The van der Waals surface area contributed by atoms with E-state index in [-0.39, 0.29) is 0 Å². The van der Waals surface area contributed by atoms with Crippen molar-refractivity contribution in [2.24, 2.45) is 0 Å². The molecule has 1 aromatic carbocycles. The van der Waals surface area contributed by atoms with Crippen LogP contribution in [0.3, 0.4) is 0 Å². The Balaban J connectivity index is 1.52. The number of fused-ring (bicyclic) bond motifs is 1. The van der Waals surface area contributed by atoms with Gasteiger partial charge in [0.25, 0.3) is 0 Å². The highest BCUT2D eigenvalue weighted by Crippen LogP contribution is 2.24. The van der Waals surface area contributed by atoms with Crippen LogP contribution in [0.5, 0.6) is 0 Å². The first-order valence-corrected chi connectivity index (χ1v) is 9.41. The van der Waals surface area contributed by atoms with E-state index in [1.165, 1.54) is 29.5 Å². The minimum Gasteiger partial charge on any atom is -0.378 e. The monoisotopic (exact) mass is 334 g/mol. The molecule has 0 unspecified atom stereocenters. The van der Waals surface area contributed by atoms with Gasteiger partial charge in [0.2, 0.25) is 0 Å². The minimum atomic E-state index is 0.521. The third-order valence-corrected chi connectivity index (χ3v) is 4.32. The minimum absolute atomic E-state index is 0.521. The Bertz CT molecular complexity index is 477. The molecule has 1 aliphatic heterocycles. The van der Waals surface area contributed by atoms with Crippen molar-refractivity contribution in [2.45, 2.75) is 52.7 Å². The number of hydrogen-bond donors (Lipinski definition) is 1. The molecule has 0 fully saturated rings. The van der Waals surface area contributed by atoms with Gasteiger partial charge < -0.3 is 14.8 Å². The summed E-state index contributed by atoms with van der Waals surface area (Å²) >= 11 is 0. The maximum Gasteiger partial charge on any atom is 0.0701 e. The summed E-state index contributed by atoms with van der Waals surface area (Å²) in [5, 5.41) is 3.33. The topological polar surface area (TPSA) is 33.7 Å². The third kappa shape index (κ3) is 6.89. The van der Waals surface area contributed by atoms with Gasteiger partial charge in [0.15, 0.2) is 0 Å². The second-order valence-electron chi connectivity index (χ2n) is 6.90. The smallest absolute Gasteiger partial charge is 0.0701 e. The van der Waals surface area contributed by atoms with Crippen molar-refractivity contribution in [1.29, 1.82) is 0 Å². The fourth-order valence-electron chi connectivity index (χ4n) is 3.06. The Kier molecular flexibility index (Phi) is 8.75. The Hall–Kier alpha value is -0.940. The van der Waals surface area contributed by atoms with Gasteiger partial charge in [0, 0.05) is 32.2 Å². The Morgan fingerprint density at radius 2 is 1.79 bits per heavy atom. The molecule has 1 aromatic rings. The van der Waals surface area contributed by atoms with Crippen LogP contribution < -0.4 is 5.32 Å². The lowest BCUT2D eigenvalue weighted by molar-refractivity contribution is 0.0388. The van der Waals surface area contributed by atoms with Crippen LogP contribution in [-0.4, -0.2) is 50.5 Å². The van der Waals surface area contributed by atoms with Crippen molar-refractivity contribution >= 4 is 0 Å². The predicted molar refractivity (Wildman–Crippen MR) is 99.3 cm³/mol. The van der Waals surface area contributed by atoms with E-state index in [0.717, 1.165) is 39.4 Å². The molecule has 0 saturated carbocycles. The molecule has 0 aliphatic carbocycles. The van der Waals surface area contributed by atoms with E-state index in [4.69, 9.17) is 9.47 Å². The highest BCUT2D eigenvalue weighted by molar-refractivity contribution is 5.34. The quantitative estimate of drug-likeness (QED) is 0.596. The second kappa shape index (κ2) is 10.8. The van der Waals surface area contributed by atoms with E-state index >= 15 is 0 Å². The number of aryl methyl sites for hydroxylation is 1. The number of benzene rings is 1. The molecule has 2 rings (SSSR count).